The van der Waals surface area contributed by atoms with Gasteiger partial charge in [-0.1, -0.05) is 42.5 Å². The zero-order chi connectivity index (χ0) is 19.9. The number of carbonyl (C=O) groups excluding carboxylic acids is 3. The van der Waals surface area contributed by atoms with Crippen molar-refractivity contribution in [3.63, 3.8) is 0 Å². The van der Waals surface area contributed by atoms with Crippen molar-refractivity contribution in [1.82, 2.24) is 15.5 Å². The molecule has 0 spiro atoms. The minimum atomic E-state index is -0.681. The van der Waals surface area contributed by atoms with Crippen LogP contribution in [0.3, 0.4) is 0 Å². The van der Waals surface area contributed by atoms with E-state index < -0.39 is 12.1 Å². The minimum absolute atomic E-state index is 0.115. The Morgan fingerprint density at radius 3 is 2.46 bits per heavy atom. The minimum Gasteiger partial charge on any atom is -0.352 e. The van der Waals surface area contributed by atoms with Crippen molar-refractivity contribution in [3.8, 4) is 0 Å². The zero-order valence-corrected chi connectivity index (χ0v) is 15.4. The molecule has 1 heterocycles. The number of carbonyl (C=O) groups is 3. The molecule has 1 saturated heterocycles. The van der Waals surface area contributed by atoms with Crippen molar-refractivity contribution < 1.29 is 18.8 Å². The van der Waals surface area contributed by atoms with E-state index in [9.17, 15) is 18.8 Å². The molecule has 0 aromatic heterocycles. The molecule has 0 saturated carbocycles. The highest BCUT2D eigenvalue weighted by Crippen LogP contribution is 2.13. The van der Waals surface area contributed by atoms with Crippen molar-refractivity contribution in [2.45, 2.75) is 31.8 Å². The molecule has 1 fully saturated rings. The summed E-state index contributed by atoms with van der Waals surface area (Å²) in [5, 5.41) is 5.37. The first-order valence-electron chi connectivity index (χ1n) is 9.20. The largest absolute Gasteiger partial charge is 0.352 e. The van der Waals surface area contributed by atoms with Gasteiger partial charge in [0, 0.05) is 19.5 Å². The Bertz CT molecular complexity index is 840. The van der Waals surface area contributed by atoms with Gasteiger partial charge in [-0.3, -0.25) is 14.5 Å². The molecule has 1 aliphatic rings. The molecule has 2 N–H and O–H groups in total. The first kappa shape index (κ1) is 19.5. The molecule has 0 radical (unpaired) electrons. The van der Waals surface area contributed by atoms with E-state index in [1.807, 2.05) is 30.3 Å². The molecule has 3 rings (SSSR count). The van der Waals surface area contributed by atoms with Gasteiger partial charge in [0.1, 0.15) is 11.9 Å². The summed E-state index contributed by atoms with van der Waals surface area (Å²) >= 11 is 0. The standard InChI is InChI=1S/C21H22FN3O3/c22-17-8-6-16(7-9-17)14-23-19(26)11-10-18-20(27)25(21(28)24-18)13-12-15-4-2-1-3-5-15/h1-9,18H,10-14H2,(H,23,26)(H,24,28)/t18-/m0/s1. The third-order valence-electron chi connectivity index (χ3n) is 4.64. The van der Waals surface area contributed by atoms with Crippen molar-refractivity contribution in [2.24, 2.45) is 0 Å². The van der Waals surface area contributed by atoms with Crippen LogP contribution in [0.2, 0.25) is 0 Å². The van der Waals surface area contributed by atoms with Crippen molar-refractivity contribution in [2.75, 3.05) is 6.54 Å². The highest BCUT2D eigenvalue weighted by molar-refractivity contribution is 6.04. The van der Waals surface area contributed by atoms with Gasteiger partial charge in [-0.05, 0) is 36.1 Å². The van der Waals surface area contributed by atoms with Crippen LogP contribution in [-0.4, -0.2) is 35.3 Å². The number of imide groups is 1. The van der Waals surface area contributed by atoms with E-state index in [1.165, 1.54) is 17.0 Å². The molecule has 146 valence electrons. The van der Waals surface area contributed by atoms with Gasteiger partial charge in [-0.2, -0.15) is 0 Å². The van der Waals surface area contributed by atoms with Gasteiger partial charge < -0.3 is 10.6 Å². The number of rotatable bonds is 8. The maximum atomic E-state index is 12.9. The number of halogens is 1. The highest BCUT2D eigenvalue weighted by Gasteiger charge is 2.37. The van der Waals surface area contributed by atoms with Crippen LogP contribution in [0.15, 0.2) is 54.6 Å². The molecule has 1 atom stereocenters. The number of nitrogens with zero attached hydrogens (tertiary/aromatic N) is 1. The summed E-state index contributed by atoms with van der Waals surface area (Å²) in [7, 11) is 0. The van der Waals surface area contributed by atoms with E-state index in [2.05, 4.69) is 10.6 Å². The second kappa shape index (κ2) is 9.12. The monoisotopic (exact) mass is 383 g/mol. The second-order valence-corrected chi connectivity index (χ2v) is 6.67. The fraction of sp³-hybridized carbons (Fsp3) is 0.286. The Morgan fingerprint density at radius 2 is 1.75 bits per heavy atom. The number of hydrogen-bond acceptors (Lipinski definition) is 3. The summed E-state index contributed by atoms with van der Waals surface area (Å²) in [6, 6.07) is 14.4. The van der Waals surface area contributed by atoms with Crippen LogP contribution in [-0.2, 0) is 22.6 Å². The van der Waals surface area contributed by atoms with E-state index in [0.717, 1.165) is 11.1 Å². The molecule has 0 bridgehead atoms. The van der Waals surface area contributed by atoms with Crippen molar-refractivity contribution in [1.29, 1.82) is 0 Å². The molecule has 7 heteroatoms. The Hall–Kier alpha value is -3.22. The first-order valence-corrected chi connectivity index (χ1v) is 9.20. The molecule has 0 unspecified atom stereocenters. The molecule has 6 nitrogen and oxygen atoms in total. The first-order chi connectivity index (χ1) is 13.5. The van der Waals surface area contributed by atoms with Crippen LogP contribution >= 0.6 is 0 Å². The Labute approximate surface area is 162 Å². The molecule has 28 heavy (non-hydrogen) atoms. The van der Waals surface area contributed by atoms with E-state index in [0.29, 0.717) is 13.0 Å². The number of amides is 4. The van der Waals surface area contributed by atoms with Crippen molar-refractivity contribution >= 4 is 17.8 Å². The quantitative estimate of drug-likeness (QED) is 0.687. The number of urea groups is 1. The lowest BCUT2D eigenvalue weighted by atomic mass is 10.1. The van der Waals surface area contributed by atoms with Gasteiger partial charge in [0.15, 0.2) is 0 Å². The average Bonchev–Trinajstić information content (AvgIpc) is 2.98. The maximum Gasteiger partial charge on any atom is 0.324 e. The number of nitrogens with one attached hydrogen (secondary N) is 2. The lowest BCUT2D eigenvalue weighted by Crippen LogP contribution is -2.33. The normalized spacial score (nSPS) is 16.2. The summed E-state index contributed by atoms with van der Waals surface area (Å²) in [6.45, 7) is 0.592. The topological polar surface area (TPSA) is 78.5 Å². The predicted molar refractivity (Wildman–Crippen MR) is 102 cm³/mol. The van der Waals surface area contributed by atoms with Crippen LogP contribution in [0.5, 0.6) is 0 Å². The van der Waals surface area contributed by atoms with E-state index >= 15 is 0 Å². The van der Waals surface area contributed by atoms with Crippen LogP contribution in [0.1, 0.15) is 24.0 Å². The summed E-state index contributed by atoms with van der Waals surface area (Å²) in [6.07, 6.45) is 0.941. The highest BCUT2D eigenvalue weighted by atomic mass is 19.1. The van der Waals surface area contributed by atoms with Gasteiger partial charge >= 0.3 is 6.03 Å². The van der Waals surface area contributed by atoms with Gasteiger partial charge in [0.25, 0.3) is 5.91 Å². The SMILES string of the molecule is O=C(CC[C@@H]1NC(=O)N(CCc2ccccc2)C1=O)NCc1ccc(F)cc1. The van der Waals surface area contributed by atoms with Crippen molar-refractivity contribution in [3.05, 3.63) is 71.5 Å². The Morgan fingerprint density at radius 1 is 1.04 bits per heavy atom. The lowest BCUT2D eigenvalue weighted by molar-refractivity contribution is -0.127. The fourth-order valence-electron chi connectivity index (χ4n) is 3.04. The van der Waals surface area contributed by atoms with Crippen LogP contribution in [0.25, 0.3) is 0 Å². The third-order valence-corrected chi connectivity index (χ3v) is 4.64. The smallest absolute Gasteiger partial charge is 0.324 e. The molecule has 2 aromatic carbocycles. The average molecular weight is 383 g/mol. The van der Waals surface area contributed by atoms with Gasteiger partial charge in [0.05, 0.1) is 0 Å². The summed E-state index contributed by atoms with van der Waals surface area (Å²) in [5.74, 6) is -0.858. The molecular weight excluding hydrogens is 361 g/mol. The maximum absolute atomic E-state index is 12.9. The fourth-order valence-corrected chi connectivity index (χ4v) is 3.04. The molecule has 2 aromatic rings. The molecular formula is C21H22FN3O3. The third kappa shape index (κ3) is 5.16. The van der Waals surface area contributed by atoms with Gasteiger partial charge in [0.2, 0.25) is 5.91 Å². The van der Waals surface area contributed by atoms with E-state index in [1.54, 1.807) is 12.1 Å². The Kier molecular flexibility index (Phi) is 6.37. The van der Waals surface area contributed by atoms with Crippen LogP contribution < -0.4 is 10.6 Å². The van der Waals surface area contributed by atoms with E-state index in [-0.39, 0.29) is 37.0 Å². The van der Waals surface area contributed by atoms with Gasteiger partial charge in [-0.25, -0.2) is 9.18 Å². The predicted octanol–water partition coefficient (Wildman–Crippen LogP) is 2.39. The second-order valence-electron chi connectivity index (χ2n) is 6.67. The lowest BCUT2D eigenvalue weighted by Gasteiger charge is -2.13. The molecule has 0 aliphatic carbocycles. The Balaban J connectivity index is 1.43. The summed E-state index contributed by atoms with van der Waals surface area (Å²) in [4.78, 5) is 37.7. The molecule has 1 aliphatic heterocycles. The molecule has 4 amide bonds. The van der Waals surface area contributed by atoms with E-state index in [4.69, 9.17) is 0 Å². The zero-order valence-electron chi connectivity index (χ0n) is 15.4. The van der Waals surface area contributed by atoms with Gasteiger partial charge in [-0.15, -0.1) is 0 Å². The summed E-state index contributed by atoms with van der Waals surface area (Å²) < 4.78 is 12.9. The van der Waals surface area contributed by atoms with Crippen LogP contribution in [0, 0.1) is 5.82 Å². The summed E-state index contributed by atoms with van der Waals surface area (Å²) in [5.41, 5.74) is 1.83. The number of benzene rings is 2. The number of hydrogen-bond donors (Lipinski definition) is 2. The van der Waals surface area contributed by atoms with Crippen LogP contribution in [0.4, 0.5) is 9.18 Å².